The summed E-state index contributed by atoms with van der Waals surface area (Å²) in [5, 5.41) is 3.48. The fourth-order valence-corrected chi connectivity index (χ4v) is 2.79. The van der Waals surface area contributed by atoms with Crippen molar-refractivity contribution in [2.75, 3.05) is 20.3 Å². The fourth-order valence-electron chi connectivity index (χ4n) is 2.23. The molecule has 4 heteroatoms. The van der Waals surface area contributed by atoms with Crippen LogP contribution in [0, 0.1) is 0 Å². The molecule has 1 aromatic rings. The Morgan fingerprint density at radius 1 is 1.47 bits per heavy atom. The number of nitrogens with one attached hydrogen (secondary N) is 1. The van der Waals surface area contributed by atoms with Crippen LogP contribution in [0.3, 0.4) is 0 Å². The van der Waals surface area contributed by atoms with Gasteiger partial charge in [0.1, 0.15) is 11.5 Å². The van der Waals surface area contributed by atoms with E-state index in [0.29, 0.717) is 0 Å². The number of halogens is 1. The van der Waals surface area contributed by atoms with E-state index in [1.807, 2.05) is 6.07 Å². The van der Waals surface area contributed by atoms with Gasteiger partial charge in [0, 0.05) is 0 Å². The van der Waals surface area contributed by atoms with Gasteiger partial charge in [0.25, 0.3) is 0 Å². The summed E-state index contributed by atoms with van der Waals surface area (Å²) in [7, 11) is 1.67. The predicted octanol–water partition coefficient (Wildman–Crippen LogP) is 3.80. The van der Waals surface area contributed by atoms with Gasteiger partial charge < -0.3 is 14.8 Å². The van der Waals surface area contributed by atoms with Crippen molar-refractivity contribution in [2.24, 2.45) is 0 Å². The van der Waals surface area contributed by atoms with Gasteiger partial charge in [-0.2, -0.15) is 0 Å². The second-order valence-electron chi connectivity index (χ2n) is 4.48. The first-order valence-corrected chi connectivity index (χ1v) is 7.45. The maximum absolute atomic E-state index is 5.80. The largest absolute Gasteiger partial charge is 0.496 e. The summed E-state index contributed by atoms with van der Waals surface area (Å²) in [4.78, 5) is 0. The van der Waals surface area contributed by atoms with Gasteiger partial charge in [0.05, 0.1) is 24.2 Å². The van der Waals surface area contributed by atoms with Crippen LogP contribution in [0.2, 0.25) is 0 Å². The van der Waals surface area contributed by atoms with Crippen molar-refractivity contribution in [2.45, 2.75) is 25.8 Å². The van der Waals surface area contributed by atoms with Gasteiger partial charge in [-0.3, -0.25) is 0 Å². The molecule has 0 aromatic heterocycles. The van der Waals surface area contributed by atoms with Crippen LogP contribution in [0.15, 0.2) is 34.5 Å². The Balaban J connectivity index is 2.27. The van der Waals surface area contributed by atoms with Gasteiger partial charge in [0.15, 0.2) is 0 Å². The molecule has 104 valence electrons. The Hall–Kier alpha value is -1.00. The fraction of sp³-hybridized carbons (Fsp3) is 0.467. The molecule has 1 aromatic carbocycles. The van der Waals surface area contributed by atoms with Crippen molar-refractivity contribution in [3.63, 3.8) is 0 Å². The number of benzene rings is 1. The second kappa shape index (κ2) is 6.96. The molecule has 3 nitrogen and oxygen atoms in total. The van der Waals surface area contributed by atoms with Gasteiger partial charge in [-0.25, -0.2) is 0 Å². The first kappa shape index (κ1) is 14.4. The van der Waals surface area contributed by atoms with Gasteiger partial charge in [-0.05, 0) is 59.1 Å². The minimum Gasteiger partial charge on any atom is -0.496 e. The zero-order valence-corrected chi connectivity index (χ0v) is 13.0. The molecule has 1 N–H and O–H groups in total. The van der Waals surface area contributed by atoms with Crippen LogP contribution in [0.5, 0.6) is 5.75 Å². The molecule has 0 saturated carbocycles. The van der Waals surface area contributed by atoms with Crippen molar-refractivity contribution >= 4 is 15.9 Å². The third kappa shape index (κ3) is 3.51. The van der Waals surface area contributed by atoms with E-state index in [4.69, 9.17) is 9.47 Å². The zero-order valence-electron chi connectivity index (χ0n) is 11.4. The summed E-state index contributed by atoms with van der Waals surface area (Å²) >= 11 is 3.54. The van der Waals surface area contributed by atoms with Gasteiger partial charge in [-0.1, -0.05) is 13.0 Å². The molecular weight excluding hydrogens is 306 g/mol. The summed E-state index contributed by atoms with van der Waals surface area (Å²) in [5.41, 5.74) is 1.18. The van der Waals surface area contributed by atoms with E-state index >= 15 is 0 Å². The standard InChI is InChI=1S/C15H20BrNO2/c1-3-17-15(14-6-4-5-9-19-14)11-7-8-13(18-2)12(16)10-11/h6-8,10,15,17H,3-5,9H2,1-2H3. The smallest absolute Gasteiger partial charge is 0.133 e. The molecule has 0 saturated heterocycles. The van der Waals surface area contributed by atoms with Crippen LogP contribution in [-0.4, -0.2) is 20.3 Å². The van der Waals surface area contributed by atoms with Crippen LogP contribution in [0.1, 0.15) is 31.4 Å². The average molecular weight is 326 g/mol. The summed E-state index contributed by atoms with van der Waals surface area (Å²) in [6, 6.07) is 6.26. The molecule has 1 atom stereocenters. The lowest BCUT2D eigenvalue weighted by atomic mass is 10.0. The van der Waals surface area contributed by atoms with E-state index in [1.165, 1.54) is 5.56 Å². The van der Waals surface area contributed by atoms with Crippen molar-refractivity contribution in [1.29, 1.82) is 0 Å². The molecule has 0 fully saturated rings. The molecular formula is C15H20BrNO2. The minimum absolute atomic E-state index is 0.118. The second-order valence-corrected chi connectivity index (χ2v) is 5.34. The maximum atomic E-state index is 5.80. The van der Waals surface area contributed by atoms with Crippen LogP contribution in [-0.2, 0) is 4.74 Å². The highest BCUT2D eigenvalue weighted by Crippen LogP contribution is 2.32. The molecule has 1 heterocycles. The Labute approximate surface area is 123 Å². The van der Waals surface area contributed by atoms with Crippen molar-refractivity contribution in [3.8, 4) is 5.75 Å². The van der Waals surface area contributed by atoms with Crippen molar-refractivity contribution in [1.82, 2.24) is 5.32 Å². The third-order valence-corrected chi connectivity index (χ3v) is 3.78. The van der Waals surface area contributed by atoms with Crippen LogP contribution < -0.4 is 10.1 Å². The molecule has 0 radical (unpaired) electrons. The number of ether oxygens (including phenoxy) is 2. The van der Waals surface area contributed by atoms with Crippen molar-refractivity contribution < 1.29 is 9.47 Å². The van der Waals surface area contributed by atoms with Crippen LogP contribution in [0.25, 0.3) is 0 Å². The van der Waals surface area contributed by atoms with Crippen molar-refractivity contribution in [3.05, 3.63) is 40.1 Å². The Kier molecular flexibility index (Phi) is 5.28. The van der Waals surface area contributed by atoms with E-state index in [2.05, 4.69) is 46.4 Å². The summed E-state index contributed by atoms with van der Waals surface area (Å²) in [6.45, 7) is 3.81. The molecule has 0 aliphatic carbocycles. The quantitative estimate of drug-likeness (QED) is 0.893. The number of methoxy groups -OCH3 is 1. The van der Waals surface area contributed by atoms with E-state index in [0.717, 1.165) is 42.0 Å². The number of hydrogen-bond acceptors (Lipinski definition) is 3. The number of allylic oxidation sites excluding steroid dienone is 1. The van der Waals surface area contributed by atoms with E-state index in [1.54, 1.807) is 7.11 Å². The maximum Gasteiger partial charge on any atom is 0.133 e. The summed E-state index contributed by atoms with van der Waals surface area (Å²) < 4.78 is 12.0. The topological polar surface area (TPSA) is 30.5 Å². The van der Waals surface area contributed by atoms with E-state index in [9.17, 15) is 0 Å². The minimum atomic E-state index is 0.118. The monoisotopic (exact) mass is 325 g/mol. The predicted molar refractivity (Wildman–Crippen MR) is 80.4 cm³/mol. The van der Waals surface area contributed by atoms with Crippen LogP contribution in [0.4, 0.5) is 0 Å². The van der Waals surface area contributed by atoms with Gasteiger partial charge in [0.2, 0.25) is 0 Å². The lowest BCUT2D eigenvalue weighted by Crippen LogP contribution is -2.25. The molecule has 19 heavy (non-hydrogen) atoms. The highest BCUT2D eigenvalue weighted by Gasteiger charge is 2.19. The molecule has 0 spiro atoms. The highest BCUT2D eigenvalue weighted by atomic mass is 79.9. The van der Waals surface area contributed by atoms with E-state index in [-0.39, 0.29) is 6.04 Å². The zero-order chi connectivity index (χ0) is 13.7. The average Bonchev–Trinajstić information content (AvgIpc) is 2.45. The lowest BCUT2D eigenvalue weighted by Gasteiger charge is -2.25. The third-order valence-electron chi connectivity index (χ3n) is 3.16. The molecule has 1 unspecified atom stereocenters. The van der Waals surface area contributed by atoms with Gasteiger partial charge in [-0.15, -0.1) is 0 Å². The summed E-state index contributed by atoms with van der Waals surface area (Å²) in [6.07, 6.45) is 4.39. The first-order chi connectivity index (χ1) is 9.26. The number of likely N-dealkylation sites (N-methyl/N-ethyl adjacent to an activating group) is 1. The first-order valence-electron chi connectivity index (χ1n) is 6.66. The molecule has 1 aliphatic heterocycles. The number of hydrogen-bond donors (Lipinski definition) is 1. The highest BCUT2D eigenvalue weighted by molar-refractivity contribution is 9.10. The molecule has 2 rings (SSSR count). The lowest BCUT2D eigenvalue weighted by molar-refractivity contribution is 0.168. The SMILES string of the molecule is CCNC(C1=CCCCO1)c1ccc(OC)c(Br)c1. The van der Waals surface area contributed by atoms with Crippen LogP contribution >= 0.6 is 15.9 Å². The van der Waals surface area contributed by atoms with Gasteiger partial charge >= 0.3 is 0 Å². The molecule has 1 aliphatic rings. The normalized spacial score (nSPS) is 16.5. The van der Waals surface area contributed by atoms with E-state index < -0.39 is 0 Å². The summed E-state index contributed by atoms with van der Waals surface area (Å²) in [5.74, 6) is 1.88. The Bertz CT molecular complexity index is 459. The Morgan fingerprint density at radius 3 is 2.89 bits per heavy atom. The number of rotatable bonds is 5. The Morgan fingerprint density at radius 2 is 2.32 bits per heavy atom. The molecule has 0 amide bonds. The molecule has 0 bridgehead atoms.